The van der Waals surface area contributed by atoms with E-state index in [4.69, 9.17) is 4.74 Å². The second kappa shape index (κ2) is 7.48. The third kappa shape index (κ3) is 4.38. The van der Waals surface area contributed by atoms with Crippen LogP contribution < -0.4 is 0 Å². The molecular weight excluding hydrogens is 200 g/mol. The van der Waals surface area contributed by atoms with Gasteiger partial charge in [-0.1, -0.05) is 31.8 Å². The molecule has 0 aliphatic carbocycles. The van der Waals surface area contributed by atoms with E-state index in [-0.39, 0.29) is 18.0 Å². The van der Waals surface area contributed by atoms with Crippen molar-refractivity contribution in [3.8, 4) is 0 Å². The number of allylic oxidation sites excluding steroid dienone is 1. The normalized spacial score (nSPS) is 23.7. The summed E-state index contributed by atoms with van der Waals surface area (Å²) in [6, 6.07) is 0. The first-order chi connectivity index (χ1) is 7.75. The number of hydrogen-bond acceptors (Lipinski definition) is 2. The molecule has 0 N–H and O–H groups in total. The minimum atomic E-state index is -0.0191. The quantitative estimate of drug-likeness (QED) is 0.338. The van der Waals surface area contributed by atoms with E-state index in [9.17, 15) is 4.79 Å². The van der Waals surface area contributed by atoms with Crippen molar-refractivity contribution in [3.63, 3.8) is 0 Å². The Morgan fingerprint density at radius 1 is 1.19 bits per heavy atom. The number of unbranched alkanes of at least 4 members (excludes halogenated alkanes) is 6. The standard InChI is InChI=1S/C14H24O2/c1-3-4-5-6-7-8-9-10-11-13-12(2)14(15)16-13/h3,12-13H,1,4-11H2,2H3/t12-,13+/m1/s1. The average molecular weight is 224 g/mol. The highest BCUT2D eigenvalue weighted by atomic mass is 16.6. The summed E-state index contributed by atoms with van der Waals surface area (Å²) in [6.07, 6.45) is 12.1. The molecule has 0 radical (unpaired) electrons. The Hall–Kier alpha value is -0.790. The lowest BCUT2D eigenvalue weighted by molar-refractivity contribution is -0.183. The van der Waals surface area contributed by atoms with Crippen LogP contribution in [0, 0.1) is 5.92 Å². The van der Waals surface area contributed by atoms with Crippen molar-refractivity contribution in [3.05, 3.63) is 12.7 Å². The summed E-state index contributed by atoms with van der Waals surface area (Å²) >= 11 is 0. The first-order valence-corrected chi connectivity index (χ1v) is 6.57. The molecule has 1 fully saturated rings. The summed E-state index contributed by atoms with van der Waals surface area (Å²) in [5, 5.41) is 0. The van der Waals surface area contributed by atoms with Gasteiger partial charge in [0.15, 0.2) is 0 Å². The maximum atomic E-state index is 10.8. The van der Waals surface area contributed by atoms with Gasteiger partial charge in [0.05, 0.1) is 5.92 Å². The second-order valence-corrected chi connectivity index (χ2v) is 4.75. The highest BCUT2D eigenvalue weighted by molar-refractivity contribution is 5.77. The summed E-state index contributed by atoms with van der Waals surface area (Å²) < 4.78 is 5.06. The van der Waals surface area contributed by atoms with Crippen LogP contribution in [-0.4, -0.2) is 12.1 Å². The Morgan fingerprint density at radius 2 is 1.81 bits per heavy atom. The molecule has 0 saturated carbocycles. The van der Waals surface area contributed by atoms with Gasteiger partial charge in [0.25, 0.3) is 0 Å². The molecule has 2 heteroatoms. The zero-order chi connectivity index (χ0) is 11.8. The van der Waals surface area contributed by atoms with Gasteiger partial charge in [-0.2, -0.15) is 0 Å². The largest absolute Gasteiger partial charge is 0.461 e. The number of ether oxygens (including phenoxy) is 1. The van der Waals surface area contributed by atoms with E-state index in [1.54, 1.807) is 0 Å². The van der Waals surface area contributed by atoms with E-state index in [1.807, 2.05) is 13.0 Å². The molecule has 1 aliphatic rings. The summed E-state index contributed by atoms with van der Waals surface area (Å²) in [5.74, 6) is 0.127. The van der Waals surface area contributed by atoms with E-state index in [1.165, 1.54) is 38.5 Å². The molecule has 0 bridgehead atoms. The van der Waals surface area contributed by atoms with E-state index in [2.05, 4.69) is 6.58 Å². The summed E-state index contributed by atoms with van der Waals surface area (Å²) in [7, 11) is 0. The third-order valence-electron chi connectivity index (χ3n) is 3.34. The van der Waals surface area contributed by atoms with E-state index < -0.39 is 0 Å². The highest BCUT2D eigenvalue weighted by Crippen LogP contribution is 2.26. The van der Waals surface area contributed by atoms with Crippen LogP contribution in [0.15, 0.2) is 12.7 Å². The predicted octanol–water partition coefficient (Wildman–Crippen LogP) is 3.85. The Labute approximate surface area is 99.1 Å². The first kappa shape index (κ1) is 13.3. The molecule has 1 rings (SSSR count). The minimum absolute atomic E-state index is 0.0191. The fraction of sp³-hybridized carbons (Fsp3) is 0.786. The van der Waals surface area contributed by atoms with Crippen LogP contribution in [0.5, 0.6) is 0 Å². The van der Waals surface area contributed by atoms with E-state index in [0.717, 1.165) is 12.8 Å². The fourth-order valence-corrected chi connectivity index (χ4v) is 2.09. The van der Waals surface area contributed by atoms with Gasteiger partial charge in [0.1, 0.15) is 6.10 Å². The predicted molar refractivity (Wildman–Crippen MR) is 66.2 cm³/mol. The fourth-order valence-electron chi connectivity index (χ4n) is 2.09. The topological polar surface area (TPSA) is 26.3 Å². The molecule has 2 atom stereocenters. The number of carbonyl (C=O) groups excluding carboxylic acids is 1. The van der Waals surface area contributed by atoms with Crippen LogP contribution in [0.1, 0.15) is 58.3 Å². The third-order valence-corrected chi connectivity index (χ3v) is 3.34. The number of cyclic esters (lactones) is 1. The maximum absolute atomic E-state index is 10.8. The lowest BCUT2D eigenvalue weighted by atomic mass is 9.94. The molecule has 0 spiro atoms. The van der Waals surface area contributed by atoms with Gasteiger partial charge < -0.3 is 4.74 Å². The smallest absolute Gasteiger partial charge is 0.312 e. The molecule has 92 valence electrons. The Bertz CT molecular complexity index is 223. The van der Waals surface area contributed by atoms with Gasteiger partial charge >= 0.3 is 5.97 Å². The van der Waals surface area contributed by atoms with Crippen molar-refractivity contribution in [1.29, 1.82) is 0 Å². The van der Waals surface area contributed by atoms with Gasteiger partial charge in [-0.15, -0.1) is 6.58 Å². The zero-order valence-corrected chi connectivity index (χ0v) is 10.4. The van der Waals surface area contributed by atoms with Crippen LogP contribution in [0.25, 0.3) is 0 Å². The lowest BCUT2D eigenvalue weighted by Crippen LogP contribution is -2.42. The lowest BCUT2D eigenvalue weighted by Gasteiger charge is -2.32. The Kier molecular flexibility index (Phi) is 6.20. The van der Waals surface area contributed by atoms with Crippen LogP contribution in [-0.2, 0) is 9.53 Å². The van der Waals surface area contributed by atoms with Crippen molar-refractivity contribution in [2.45, 2.75) is 64.4 Å². The molecule has 1 saturated heterocycles. The van der Waals surface area contributed by atoms with Crippen molar-refractivity contribution in [1.82, 2.24) is 0 Å². The number of esters is 1. The molecule has 0 aromatic rings. The average Bonchev–Trinajstić information content (AvgIpc) is 2.30. The second-order valence-electron chi connectivity index (χ2n) is 4.75. The van der Waals surface area contributed by atoms with Crippen molar-refractivity contribution in [2.24, 2.45) is 5.92 Å². The van der Waals surface area contributed by atoms with Crippen LogP contribution in [0.4, 0.5) is 0 Å². The van der Waals surface area contributed by atoms with Gasteiger partial charge in [0, 0.05) is 0 Å². The monoisotopic (exact) mass is 224 g/mol. The molecule has 0 aromatic heterocycles. The van der Waals surface area contributed by atoms with Crippen molar-refractivity contribution in [2.75, 3.05) is 0 Å². The molecular formula is C14H24O2. The first-order valence-electron chi connectivity index (χ1n) is 6.57. The van der Waals surface area contributed by atoms with Gasteiger partial charge in [0.2, 0.25) is 0 Å². The molecule has 2 nitrogen and oxygen atoms in total. The SMILES string of the molecule is C=CCCCCCCCC[C@@H]1OC(=O)[C@@H]1C. The Balaban J connectivity index is 1.82. The van der Waals surface area contributed by atoms with E-state index >= 15 is 0 Å². The highest BCUT2D eigenvalue weighted by Gasteiger charge is 2.37. The molecule has 0 amide bonds. The Morgan fingerprint density at radius 3 is 2.38 bits per heavy atom. The van der Waals surface area contributed by atoms with Gasteiger partial charge in [-0.3, -0.25) is 4.79 Å². The van der Waals surface area contributed by atoms with E-state index in [0.29, 0.717) is 0 Å². The summed E-state index contributed by atoms with van der Waals surface area (Å²) in [6.45, 7) is 5.68. The summed E-state index contributed by atoms with van der Waals surface area (Å²) in [5.41, 5.74) is 0. The molecule has 1 aliphatic heterocycles. The zero-order valence-electron chi connectivity index (χ0n) is 10.4. The molecule has 0 unspecified atom stereocenters. The van der Waals surface area contributed by atoms with Gasteiger partial charge in [-0.25, -0.2) is 0 Å². The number of carbonyl (C=O) groups is 1. The van der Waals surface area contributed by atoms with Crippen LogP contribution in [0.2, 0.25) is 0 Å². The van der Waals surface area contributed by atoms with Crippen LogP contribution >= 0.6 is 0 Å². The maximum Gasteiger partial charge on any atom is 0.312 e. The number of rotatable bonds is 9. The molecule has 16 heavy (non-hydrogen) atoms. The number of hydrogen-bond donors (Lipinski definition) is 0. The van der Waals surface area contributed by atoms with Gasteiger partial charge in [-0.05, 0) is 32.6 Å². The van der Waals surface area contributed by atoms with Crippen molar-refractivity contribution >= 4 is 5.97 Å². The molecule has 1 heterocycles. The minimum Gasteiger partial charge on any atom is -0.461 e. The summed E-state index contributed by atoms with van der Waals surface area (Å²) in [4.78, 5) is 10.8. The van der Waals surface area contributed by atoms with Crippen LogP contribution in [0.3, 0.4) is 0 Å². The molecule has 0 aromatic carbocycles. The van der Waals surface area contributed by atoms with Crippen molar-refractivity contribution < 1.29 is 9.53 Å².